The number of aromatic nitrogens is 3. The van der Waals surface area contributed by atoms with Crippen LogP contribution in [0.4, 0.5) is 5.69 Å². The molecule has 0 aliphatic carbocycles. The summed E-state index contributed by atoms with van der Waals surface area (Å²) in [6.45, 7) is 18.4. The smallest absolute Gasteiger partial charge is 0.311 e. The predicted molar refractivity (Wildman–Crippen MR) is 266 cm³/mol. The van der Waals surface area contributed by atoms with Gasteiger partial charge >= 0.3 is 5.97 Å². The van der Waals surface area contributed by atoms with E-state index in [1.807, 2.05) is 44.7 Å². The number of cyclic esters (lactones) is 1. The van der Waals surface area contributed by atoms with Crippen molar-refractivity contribution in [2.24, 2.45) is 17.8 Å². The fourth-order valence-electron chi connectivity index (χ4n) is 11.1. The highest BCUT2D eigenvalue weighted by Gasteiger charge is 2.52. The zero-order valence-electron chi connectivity index (χ0n) is 45.1. The summed E-state index contributed by atoms with van der Waals surface area (Å²) in [4.78, 5) is 28.8. The van der Waals surface area contributed by atoms with E-state index in [1.165, 1.54) is 43.0 Å². The van der Waals surface area contributed by atoms with E-state index in [0.717, 1.165) is 0 Å². The molecular weight excluding hydrogens is 953 g/mol. The molecule has 19 atom stereocenters. The molecule has 0 unspecified atom stereocenters. The largest absolute Gasteiger partial charge is 0.491 e. The summed E-state index contributed by atoms with van der Waals surface area (Å²) in [6.07, 6.45) is -7.20. The first-order valence-electron chi connectivity index (χ1n) is 25.8. The highest BCUT2D eigenvalue weighted by atomic mass is 16.7. The summed E-state index contributed by atoms with van der Waals surface area (Å²) in [6, 6.07) is 4.51. The predicted octanol–water partition coefficient (Wildman–Crippen LogP) is 2.50. The normalized spacial score (nSPS) is 39.1. The Kier molecular flexibility index (Phi) is 21.1. The number of carbonyl (C=O) groups excluding carboxylic acids is 1. The van der Waals surface area contributed by atoms with Crippen LogP contribution >= 0.6 is 0 Å². The van der Waals surface area contributed by atoms with Crippen molar-refractivity contribution in [3.8, 4) is 5.75 Å². The Balaban J connectivity index is 1.37. The molecule has 0 radical (unpaired) electrons. The van der Waals surface area contributed by atoms with Crippen LogP contribution in [0.25, 0.3) is 0 Å². The number of likely N-dealkylation sites (N-methyl/N-ethyl adjacent to an activating group) is 2. The highest BCUT2D eigenvalue weighted by Crippen LogP contribution is 2.39. The van der Waals surface area contributed by atoms with Crippen molar-refractivity contribution in [3.63, 3.8) is 0 Å². The Bertz CT molecular complexity index is 2050. The molecule has 3 aliphatic rings. The van der Waals surface area contributed by atoms with Crippen LogP contribution in [0.15, 0.2) is 30.5 Å². The van der Waals surface area contributed by atoms with Crippen LogP contribution in [0.3, 0.4) is 0 Å². The monoisotopic (exact) mass is 1040 g/mol. The molecule has 0 amide bonds. The van der Waals surface area contributed by atoms with E-state index < -0.39 is 119 Å². The summed E-state index contributed by atoms with van der Waals surface area (Å²) in [5, 5.41) is 89.5. The summed E-state index contributed by atoms with van der Waals surface area (Å²) in [5.41, 5.74) is -3.85. The van der Waals surface area contributed by atoms with Crippen LogP contribution in [0.2, 0.25) is 0 Å². The van der Waals surface area contributed by atoms with E-state index in [2.05, 4.69) is 10.3 Å². The maximum absolute atomic E-state index is 14.4. The minimum Gasteiger partial charge on any atom is -0.491 e. The minimum absolute atomic E-state index is 0.0384. The van der Waals surface area contributed by atoms with E-state index in [4.69, 9.17) is 33.2 Å². The Morgan fingerprint density at radius 2 is 1.68 bits per heavy atom. The Morgan fingerprint density at radius 3 is 2.32 bits per heavy atom. The quantitative estimate of drug-likeness (QED) is 0.0754. The molecule has 416 valence electrons. The van der Waals surface area contributed by atoms with E-state index in [-0.39, 0.29) is 50.6 Å². The molecule has 0 spiro atoms. The second kappa shape index (κ2) is 25.6. The topological polar surface area (TPSA) is 283 Å². The van der Waals surface area contributed by atoms with Gasteiger partial charge in [0.2, 0.25) is 0 Å². The Morgan fingerprint density at radius 1 is 1.01 bits per heavy atom. The standard InChI is InChI=1S/C51H86N6O16/c1-14-41-51(10,64)44(60)33(6)55(12)24-29(2)22-49(8,63)46(31(4)43(32(5)47(62)72-41)69-28-39-23-50(9,67-13)45(61)34(7)71-39)73-48-42(59)40(21-30(3)70-48)54(11)20-19-35-25-56(53-52-35)26-37(58)27-68-38-17-15-36(16-18-38)57(65)66/h15-18,25,29-34,37,39-46,48,58-61,63-64H,14,19-24,26-28H2,1-13H3/t29-,30-,31+,32-,33-,34+,37+,39-,40+,41-,42-,43+,44-,45+,46-,48+,49-,50-,51-/m1/s1. The first-order valence-corrected chi connectivity index (χ1v) is 25.8. The molecule has 0 bridgehead atoms. The summed E-state index contributed by atoms with van der Waals surface area (Å²) < 4.78 is 45.2. The van der Waals surface area contributed by atoms with Gasteiger partial charge in [0.1, 0.15) is 48.5 Å². The molecule has 1 aromatic carbocycles. The van der Waals surface area contributed by atoms with Crippen molar-refractivity contribution < 1.29 is 73.5 Å². The van der Waals surface area contributed by atoms with Crippen LogP contribution in [-0.4, -0.2) is 210 Å². The lowest BCUT2D eigenvalue weighted by atomic mass is 9.77. The van der Waals surface area contributed by atoms with Gasteiger partial charge in [0.25, 0.3) is 5.69 Å². The molecule has 4 heterocycles. The van der Waals surface area contributed by atoms with Gasteiger partial charge in [0.05, 0.1) is 71.4 Å². The number of ether oxygens (including phenoxy) is 7. The number of esters is 1. The average Bonchev–Trinajstić information content (AvgIpc) is 3.78. The van der Waals surface area contributed by atoms with Crippen molar-refractivity contribution in [1.29, 1.82) is 0 Å². The number of hydrogen-bond acceptors (Lipinski definition) is 20. The first kappa shape index (κ1) is 60.4. The summed E-state index contributed by atoms with van der Waals surface area (Å²) in [5.74, 6) is -2.36. The number of nitrogens with zero attached hydrogens (tertiary/aromatic N) is 6. The maximum Gasteiger partial charge on any atom is 0.311 e. The molecule has 22 nitrogen and oxygen atoms in total. The van der Waals surface area contributed by atoms with E-state index in [1.54, 1.807) is 47.7 Å². The van der Waals surface area contributed by atoms with Gasteiger partial charge in [-0.15, -0.1) is 5.10 Å². The number of methoxy groups -OCH3 is 1. The van der Waals surface area contributed by atoms with Crippen molar-refractivity contribution in [1.82, 2.24) is 24.8 Å². The molecule has 22 heteroatoms. The molecule has 1 aromatic heterocycles. The maximum atomic E-state index is 14.4. The zero-order valence-corrected chi connectivity index (χ0v) is 45.1. The lowest BCUT2D eigenvalue weighted by Gasteiger charge is -2.48. The Labute approximate surface area is 430 Å². The third-order valence-corrected chi connectivity index (χ3v) is 15.6. The minimum atomic E-state index is -1.84. The number of benzene rings is 1. The third kappa shape index (κ3) is 15.1. The average molecular weight is 1040 g/mol. The molecule has 2 aromatic rings. The molecule has 5 rings (SSSR count). The highest BCUT2D eigenvalue weighted by molar-refractivity contribution is 5.73. The van der Waals surface area contributed by atoms with E-state index >= 15 is 0 Å². The number of aliphatic hydroxyl groups excluding tert-OH is 4. The van der Waals surface area contributed by atoms with Gasteiger partial charge < -0.3 is 73.6 Å². The lowest BCUT2D eigenvalue weighted by molar-refractivity contribution is -0.384. The van der Waals surface area contributed by atoms with Crippen LogP contribution in [0.5, 0.6) is 5.75 Å². The summed E-state index contributed by atoms with van der Waals surface area (Å²) >= 11 is 0. The number of nitro benzene ring substituents is 1. The molecule has 3 fully saturated rings. The van der Waals surface area contributed by atoms with Crippen molar-refractivity contribution in [2.45, 2.75) is 204 Å². The van der Waals surface area contributed by atoms with Crippen LogP contribution in [0, 0.1) is 27.9 Å². The fraction of sp³-hybridized carbons (Fsp3) is 0.824. The van der Waals surface area contributed by atoms with Crippen LogP contribution in [0.1, 0.15) is 101 Å². The molecular formula is C51H86N6O16. The Hall–Kier alpha value is -3.49. The van der Waals surface area contributed by atoms with Crippen molar-refractivity contribution in [3.05, 3.63) is 46.3 Å². The molecule has 0 saturated carbocycles. The van der Waals surface area contributed by atoms with Gasteiger partial charge in [-0.05, 0) is 99.9 Å². The van der Waals surface area contributed by atoms with Crippen molar-refractivity contribution in [2.75, 3.05) is 47.5 Å². The second-order valence-corrected chi connectivity index (χ2v) is 22.0. The van der Waals surface area contributed by atoms with Crippen LogP contribution in [-0.2, 0) is 46.2 Å². The van der Waals surface area contributed by atoms with Gasteiger partial charge in [-0.3, -0.25) is 14.9 Å². The molecule has 3 aliphatic heterocycles. The number of hydrogen-bond donors (Lipinski definition) is 6. The van der Waals surface area contributed by atoms with E-state index in [0.29, 0.717) is 37.4 Å². The number of nitro groups is 1. The SMILES string of the molecule is CC[C@H]1OC(=O)[C@H](C)[C@@H](OC[C@H]2C[C@@](C)(OC)[C@@H](O)[C@H](C)O2)[C@H](C)[C@@H](O[C@@H]2O[C@H](C)C[C@H](N(C)CCc3cn(C[C@H](O)COc4ccc([N+](=O)[O-])cc4)nn3)[C@H]2O)[C@](C)(O)C[C@@H](C)CN(C)[C@H](C)[C@@H](O)[C@]1(C)O. The lowest BCUT2D eigenvalue weighted by Crippen LogP contribution is -2.60. The number of aliphatic hydroxyl groups is 6. The van der Waals surface area contributed by atoms with Crippen molar-refractivity contribution >= 4 is 11.7 Å². The van der Waals surface area contributed by atoms with Gasteiger partial charge in [0, 0.05) is 69.4 Å². The second-order valence-electron chi connectivity index (χ2n) is 22.0. The fourth-order valence-corrected chi connectivity index (χ4v) is 11.1. The number of non-ortho nitro benzene ring substituents is 1. The van der Waals surface area contributed by atoms with Crippen LogP contribution < -0.4 is 4.74 Å². The van der Waals surface area contributed by atoms with E-state index in [9.17, 15) is 45.5 Å². The van der Waals surface area contributed by atoms with Gasteiger partial charge in [-0.2, -0.15) is 0 Å². The molecule has 6 N–H and O–H groups in total. The van der Waals surface area contributed by atoms with Gasteiger partial charge in [-0.25, -0.2) is 4.68 Å². The van der Waals surface area contributed by atoms with Gasteiger partial charge in [-0.1, -0.05) is 26.0 Å². The number of carbonyl (C=O) groups is 1. The number of rotatable bonds is 17. The zero-order chi connectivity index (χ0) is 54.3. The first-order chi connectivity index (χ1) is 34.1. The summed E-state index contributed by atoms with van der Waals surface area (Å²) in [7, 11) is 5.23. The third-order valence-electron chi connectivity index (χ3n) is 15.6. The molecule has 3 saturated heterocycles. The molecule has 73 heavy (non-hydrogen) atoms. The van der Waals surface area contributed by atoms with Gasteiger partial charge in [0.15, 0.2) is 6.29 Å².